The quantitative estimate of drug-likeness (QED) is 0.805. The number of rotatable bonds is 2. The molecule has 1 unspecified atom stereocenters. The summed E-state index contributed by atoms with van der Waals surface area (Å²) in [6.07, 6.45) is -0.350. The number of alkyl halides is 2. The molecule has 4 heteroatoms. The number of hydrogen-bond acceptors (Lipinski definition) is 1. The number of halogens is 3. The molecule has 1 aliphatic rings. The van der Waals surface area contributed by atoms with E-state index in [1.165, 1.54) is 6.07 Å². The third-order valence-corrected chi connectivity index (χ3v) is 3.15. The molecule has 0 saturated heterocycles. The Labute approximate surface area is 86.1 Å². The molecule has 0 aromatic heterocycles. The molecule has 0 radical (unpaired) electrons. The van der Waals surface area contributed by atoms with Crippen molar-refractivity contribution in [3.05, 3.63) is 35.1 Å². The second kappa shape index (κ2) is 2.98. The Morgan fingerprint density at radius 1 is 1.40 bits per heavy atom. The first-order chi connectivity index (χ1) is 6.94. The first kappa shape index (κ1) is 10.5. The third-order valence-electron chi connectivity index (χ3n) is 3.15. The molecule has 0 amide bonds. The summed E-state index contributed by atoms with van der Waals surface area (Å²) >= 11 is 0. The molecular formula is C11H12F3N. The Hall–Kier alpha value is -1.03. The molecular weight excluding hydrogens is 203 g/mol. The lowest BCUT2D eigenvalue weighted by atomic mass is 9.93. The molecule has 1 atom stereocenters. The predicted octanol–water partition coefficient (Wildman–Crippen LogP) is 2.37. The van der Waals surface area contributed by atoms with Crippen LogP contribution in [0.4, 0.5) is 13.2 Å². The molecule has 0 heterocycles. The Bertz CT molecular complexity index is 403. The number of nitrogens with two attached hydrogens (primary N) is 1. The molecule has 1 fully saturated rings. The van der Waals surface area contributed by atoms with Gasteiger partial charge in [0, 0.05) is 18.5 Å². The van der Waals surface area contributed by atoms with Crippen molar-refractivity contribution in [2.24, 2.45) is 5.73 Å². The highest BCUT2D eigenvalue weighted by Gasteiger charge is 2.71. The van der Waals surface area contributed by atoms with Crippen LogP contribution >= 0.6 is 0 Å². The Morgan fingerprint density at radius 2 is 2.00 bits per heavy atom. The van der Waals surface area contributed by atoms with Gasteiger partial charge in [0.05, 0.1) is 5.41 Å². The van der Waals surface area contributed by atoms with E-state index in [4.69, 9.17) is 5.73 Å². The van der Waals surface area contributed by atoms with Crippen LogP contribution in [0.25, 0.3) is 0 Å². The molecule has 2 rings (SSSR count). The van der Waals surface area contributed by atoms with Gasteiger partial charge in [-0.05, 0) is 12.5 Å². The van der Waals surface area contributed by atoms with E-state index in [9.17, 15) is 13.2 Å². The molecule has 82 valence electrons. The van der Waals surface area contributed by atoms with Gasteiger partial charge in [-0.15, -0.1) is 0 Å². The Morgan fingerprint density at radius 3 is 2.47 bits per heavy atom. The van der Waals surface area contributed by atoms with Crippen LogP contribution < -0.4 is 5.73 Å². The van der Waals surface area contributed by atoms with Gasteiger partial charge in [0.2, 0.25) is 0 Å². The zero-order valence-electron chi connectivity index (χ0n) is 8.36. The molecule has 0 aliphatic heterocycles. The summed E-state index contributed by atoms with van der Waals surface area (Å²) in [5, 5.41) is 0. The van der Waals surface area contributed by atoms with E-state index in [1.54, 1.807) is 19.1 Å². The van der Waals surface area contributed by atoms with Crippen molar-refractivity contribution in [1.29, 1.82) is 0 Å². The zero-order chi connectivity index (χ0) is 11.3. The van der Waals surface area contributed by atoms with E-state index in [0.717, 1.165) is 0 Å². The Kier molecular flexibility index (Phi) is 2.08. The summed E-state index contributed by atoms with van der Waals surface area (Å²) in [5.74, 6) is -3.42. The van der Waals surface area contributed by atoms with Crippen LogP contribution in [0.3, 0.4) is 0 Å². The summed E-state index contributed by atoms with van der Waals surface area (Å²) < 4.78 is 40.1. The first-order valence-electron chi connectivity index (χ1n) is 4.78. The van der Waals surface area contributed by atoms with E-state index < -0.39 is 17.2 Å². The van der Waals surface area contributed by atoms with E-state index in [-0.39, 0.29) is 18.5 Å². The molecule has 1 aliphatic carbocycles. The minimum absolute atomic E-state index is 0.0509. The SMILES string of the molecule is Cc1cccc(C2(CN)CC2(F)F)c1F. The van der Waals surface area contributed by atoms with Crippen molar-refractivity contribution in [3.8, 4) is 0 Å². The van der Waals surface area contributed by atoms with Crippen LogP contribution in [-0.4, -0.2) is 12.5 Å². The fourth-order valence-electron chi connectivity index (χ4n) is 1.98. The average molecular weight is 215 g/mol. The van der Waals surface area contributed by atoms with Crippen LogP contribution in [0.15, 0.2) is 18.2 Å². The van der Waals surface area contributed by atoms with Crippen LogP contribution in [0.2, 0.25) is 0 Å². The summed E-state index contributed by atoms with van der Waals surface area (Å²) in [6.45, 7) is 1.34. The molecule has 0 spiro atoms. The molecule has 0 bridgehead atoms. The normalized spacial score (nSPS) is 27.8. The smallest absolute Gasteiger partial charge is 0.260 e. The van der Waals surface area contributed by atoms with E-state index in [2.05, 4.69) is 0 Å². The predicted molar refractivity (Wildman–Crippen MR) is 51.4 cm³/mol. The second-order valence-corrected chi connectivity index (χ2v) is 4.10. The maximum Gasteiger partial charge on any atom is 0.260 e. The van der Waals surface area contributed by atoms with Crippen LogP contribution in [0.1, 0.15) is 17.5 Å². The van der Waals surface area contributed by atoms with Crippen molar-refractivity contribution in [2.75, 3.05) is 6.54 Å². The topological polar surface area (TPSA) is 26.0 Å². The lowest BCUT2D eigenvalue weighted by molar-refractivity contribution is 0.0886. The summed E-state index contributed by atoms with van der Waals surface area (Å²) in [7, 11) is 0. The number of hydrogen-bond donors (Lipinski definition) is 1. The van der Waals surface area contributed by atoms with E-state index in [0.29, 0.717) is 5.56 Å². The maximum atomic E-state index is 13.7. The third kappa shape index (κ3) is 1.28. The molecule has 1 aromatic rings. The van der Waals surface area contributed by atoms with Crippen molar-refractivity contribution < 1.29 is 13.2 Å². The van der Waals surface area contributed by atoms with E-state index in [1.807, 2.05) is 0 Å². The summed E-state index contributed by atoms with van der Waals surface area (Å²) in [4.78, 5) is 0. The van der Waals surface area contributed by atoms with Crippen LogP contribution in [-0.2, 0) is 5.41 Å². The molecule has 15 heavy (non-hydrogen) atoms. The van der Waals surface area contributed by atoms with Crippen molar-refractivity contribution in [2.45, 2.75) is 24.7 Å². The van der Waals surface area contributed by atoms with Gasteiger partial charge in [0.1, 0.15) is 5.82 Å². The largest absolute Gasteiger partial charge is 0.329 e. The van der Waals surface area contributed by atoms with Crippen LogP contribution in [0, 0.1) is 12.7 Å². The lowest BCUT2D eigenvalue weighted by Gasteiger charge is -2.16. The molecule has 1 saturated carbocycles. The highest BCUT2D eigenvalue weighted by molar-refractivity contribution is 5.41. The monoisotopic (exact) mass is 215 g/mol. The molecule has 1 aromatic carbocycles. The minimum atomic E-state index is -2.86. The number of aryl methyl sites for hydroxylation is 1. The fourth-order valence-corrected chi connectivity index (χ4v) is 1.98. The van der Waals surface area contributed by atoms with Gasteiger partial charge < -0.3 is 5.73 Å². The Balaban J connectivity index is 2.51. The van der Waals surface area contributed by atoms with Gasteiger partial charge in [-0.3, -0.25) is 0 Å². The van der Waals surface area contributed by atoms with E-state index >= 15 is 0 Å². The maximum absolute atomic E-state index is 13.7. The van der Waals surface area contributed by atoms with Crippen molar-refractivity contribution >= 4 is 0 Å². The fraction of sp³-hybridized carbons (Fsp3) is 0.455. The van der Waals surface area contributed by atoms with Gasteiger partial charge >= 0.3 is 0 Å². The standard InChI is InChI=1S/C11H12F3N/c1-7-3-2-4-8(9(7)12)10(6-15)5-11(10,13)14/h2-4H,5-6,15H2,1H3. The summed E-state index contributed by atoms with van der Waals surface area (Å²) in [5.41, 5.74) is 4.31. The second-order valence-electron chi connectivity index (χ2n) is 4.10. The van der Waals surface area contributed by atoms with Crippen LogP contribution in [0.5, 0.6) is 0 Å². The lowest BCUT2D eigenvalue weighted by Crippen LogP contribution is -2.28. The zero-order valence-corrected chi connectivity index (χ0v) is 8.36. The minimum Gasteiger partial charge on any atom is -0.329 e. The average Bonchev–Trinajstić information content (AvgIpc) is 2.74. The highest BCUT2D eigenvalue weighted by atomic mass is 19.3. The van der Waals surface area contributed by atoms with Crippen molar-refractivity contribution in [3.63, 3.8) is 0 Å². The van der Waals surface area contributed by atoms with Gasteiger partial charge in [0.15, 0.2) is 0 Å². The molecule has 1 nitrogen and oxygen atoms in total. The summed E-state index contributed by atoms with van der Waals surface area (Å²) in [6, 6.07) is 4.54. The van der Waals surface area contributed by atoms with Gasteiger partial charge in [-0.2, -0.15) is 0 Å². The van der Waals surface area contributed by atoms with Gasteiger partial charge in [-0.1, -0.05) is 18.2 Å². The molecule has 2 N–H and O–H groups in total. The van der Waals surface area contributed by atoms with Gasteiger partial charge in [0.25, 0.3) is 5.92 Å². The van der Waals surface area contributed by atoms with Gasteiger partial charge in [-0.25, -0.2) is 13.2 Å². The highest BCUT2D eigenvalue weighted by Crippen LogP contribution is 2.61. The number of benzene rings is 1. The van der Waals surface area contributed by atoms with Crippen molar-refractivity contribution in [1.82, 2.24) is 0 Å². The first-order valence-corrected chi connectivity index (χ1v) is 4.78.